The Kier molecular flexibility index (Phi) is 3.61. The van der Waals surface area contributed by atoms with Crippen molar-refractivity contribution >= 4 is 48.5 Å². The zero-order valence-corrected chi connectivity index (χ0v) is 16.5. The standard InChI is InChI=1S/C17H20BrN3O3S/c1-16(2)10-5-6-17(16,14(22)7-10)9-25(23,24)21-15-12-4-3-11(18)8-13(12)19-20-15/h3-4,8,10H,5-7,9H2,1-2H3,(H2,19,20,21)/t10-,17-/m0/s1. The minimum absolute atomic E-state index is 0.0925. The minimum Gasteiger partial charge on any atom is -0.299 e. The van der Waals surface area contributed by atoms with Crippen LogP contribution in [0.15, 0.2) is 22.7 Å². The van der Waals surface area contributed by atoms with E-state index in [9.17, 15) is 13.2 Å². The van der Waals surface area contributed by atoms with Crippen LogP contribution in [0.25, 0.3) is 10.9 Å². The summed E-state index contributed by atoms with van der Waals surface area (Å²) in [5, 5.41) is 7.62. The first kappa shape index (κ1) is 17.0. The summed E-state index contributed by atoms with van der Waals surface area (Å²) in [5.41, 5.74) is -0.320. The number of nitrogens with one attached hydrogen (secondary N) is 2. The molecule has 4 rings (SSSR count). The number of anilines is 1. The fourth-order valence-electron chi connectivity index (χ4n) is 4.69. The molecule has 0 aliphatic heterocycles. The molecule has 0 spiro atoms. The topological polar surface area (TPSA) is 91.9 Å². The van der Waals surface area contributed by atoms with E-state index >= 15 is 0 Å². The molecule has 6 nitrogen and oxygen atoms in total. The van der Waals surface area contributed by atoms with Crippen LogP contribution in [-0.2, 0) is 14.8 Å². The predicted molar refractivity (Wildman–Crippen MR) is 99.8 cm³/mol. The molecular weight excluding hydrogens is 406 g/mol. The zero-order chi connectivity index (χ0) is 18.0. The van der Waals surface area contributed by atoms with Crippen LogP contribution in [0.2, 0.25) is 0 Å². The molecule has 2 bridgehead atoms. The molecule has 0 unspecified atom stereocenters. The second-order valence-corrected chi connectivity index (χ2v) is 10.4. The maximum Gasteiger partial charge on any atom is 0.234 e. The van der Waals surface area contributed by atoms with Crippen molar-refractivity contribution in [3.8, 4) is 0 Å². The molecule has 2 saturated carbocycles. The molecule has 0 amide bonds. The average Bonchev–Trinajstić information content (AvgIpc) is 3.05. The van der Waals surface area contributed by atoms with E-state index in [1.807, 2.05) is 26.0 Å². The van der Waals surface area contributed by atoms with Gasteiger partial charge in [0.05, 0.1) is 16.7 Å². The summed E-state index contributed by atoms with van der Waals surface area (Å²) in [7, 11) is -3.70. The fourth-order valence-corrected chi connectivity index (χ4v) is 6.90. The van der Waals surface area contributed by atoms with Crippen molar-refractivity contribution in [1.29, 1.82) is 0 Å². The van der Waals surface area contributed by atoms with Gasteiger partial charge in [0, 0.05) is 16.3 Å². The van der Waals surface area contributed by atoms with Gasteiger partial charge >= 0.3 is 0 Å². The number of fused-ring (bicyclic) bond motifs is 3. The fraction of sp³-hybridized carbons (Fsp3) is 0.529. The highest BCUT2D eigenvalue weighted by Gasteiger charge is 2.65. The first-order valence-corrected chi connectivity index (χ1v) is 10.8. The predicted octanol–water partition coefficient (Wildman–Crippen LogP) is 3.46. The lowest BCUT2D eigenvalue weighted by molar-refractivity contribution is -0.128. The van der Waals surface area contributed by atoms with Gasteiger partial charge < -0.3 is 0 Å². The molecular formula is C17H20BrN3O3S. The molecule has 25 heavy (non-hydrogen) atoms. The zero-order valence-electron chi connectivity index (χ0n) is 14.1. The first-order chi connectivity index (χ1) is 11.6. The number of ketones is 1. The van der Waals surface area contributed by atoms with Gasteiger partial charge in [0.1, 0.15) is 5.78 Å². The Morgan fingerprint density at radius 2 is 2.16 bits per heavy atom. The summed E-state index contributed by atoms with van der Waals surface area (Å²) in [6, 6.07) is 5.47. The molecule has 2 N–H and O–H groups in total. The monoisotopic (exact) mass is 425 g/mol. The van der Waals surface area contributed by atoms with Gasteiger partial charge in [-0.25, -0.2) is 8.42 Å². The van der Waals surface area contributed by atoms with Gasteiger partial charge in [-0.05, 0) is 42.4 Å². The highest BCUT2D eigenvalue weighted by atomic mass is 79.9. The van der Waals surface area contributed by atoms with Crippen molar-refractivity contribution in [3.63, 3.8) is 0 Å². The quantitative estimate of drug-likeness (QED) is 0.783. The molecule has 1 aromatic heterocycles. The van der Waals surface area contributed by atoms with Crippen molar-refractivity contribution in [2.75, 3.05) is 10.5 Å². The smallest absolute Gasteiger partial charge is 0.234 e. The van der Waals surface area contributed by atoms with E-state index in [2.05, 4.69) is 30.8 Å². The number of Topliss-reactive ketones (excluding diaryl/α,β-unsaturated/α-hetero) is 1. The van der Waals surface area contributed by atoms with E-state index in [0.717, 1.165) is 16.4 Å². The van der Waals surface area contributed by atoms with Crippen LogP contribution in [0.3, 0.4) is 0 Å². The Morgan fingerprint density at radius 3 is 2.80 bits per heavy atom. The number of hydrogen-bond donors (Lipinski definition) is 2. The molecule has 2 aromatic rings. The van der Waals surface area contributed by atoms with Crippen molar-refractivity contribution in [3.05, 3.63) is 22.7 Å². The largest absolute Gasteiger partial charge is 0.299 e. The second kappa shape index (κ2) is 5.30. The molecule has 0 radical (unpaired) electrons. The molecule has 1 aromatic carbocycles. The third-order valence-corrected chi connectivity index (χ3v) is 8.22. The normalized spacial score (nSPS) is 28.0. The number of carbonyl (C=O) groups excluding carboxylic acids is 1. The van der Waals surface area contributed by atoms with Gasteiger partial charge in [-0.3, -0.25) is 14.6 Å². The van der Waals surface area contributed by atoms with E-state index in [-0.39, 0.29) is 22.8 Å². The number of nitrogens with zero attached hydrogens (tertiary/aromatic N) is 1. The molecule has 2 fully saturated rings. The van der Waals surface area contributed by atoms with Gasteiger partial charge in [-0.15, -0.1) is 0 Å². The highest BCUT2D eigenvalue weighted by molar-refractivity contribution is 9.10. The Labute approximate surface area is 154 Å². The Bertz CT molecular complexity index is 982. The molecule has 2 atom stereocenters. The van der Waals surface area contributed by atoms with Crippen LogP contribution >= 0.6 is 15.9 Å². The lowest BCUT2D eigenvalue weighted by Crippen LogP contribution is -2.43. The number of rotatable bonds is 4. The molecule has 0 saturated heterocycles. The SMILES string of the molecule is CC1(C)[C@H]2CC[C@]1(CS(=O)(=O)Nc1n[nH]c3cc(Br)ccc13)C(=O)C2. The molecule has 8 heteroatoms. The summed E-state index contributed by atoms with van der Waals surface area (Å²) in [6.07, 6.45) is 2.08. The number of H-pyrrole nitrogens is 1. The summed E-state index contributed by atoms with van der Waals surface area (Å²) < 4.78 is 29.2. The Hall–Kier alpha value is -1.41. The second-order valence-electron chi connectivity index (χ2n) is 7.79. The van der Waals surface area contributed by atoms with E-state index in [1.165, 1.54) is 0 Å². The van der Waals surface area contributed by atoms with Crippen molar-refractivity contribution < 1.29 is 13.2 Å². The van der Waals surface area contributed by atoms with Crippen molar-refractivity contribution in [2.24, 2.45) is 16.7 Å². The highest BCUT2D eigenvalue weighted by Crippen LogP contribution is 2.64. The van der Waals surface area contributed by atoms with Crippen LogP contribution in [0.1, 0.15) is 33.1 Å². The lowest BCUT2D eigenvalue weighted by Gasteiger charge is -2.36. The van der Waals surface area contributed by atoms with Crippen LogP contribution < -0.4 is 4.72 Å². The minimum atomic E-state index is -3.70. The van der Waals surface area contributed by atoms with Gasteiger partial charge in [-0.2, -0.15) is 5.10 Å². The maximum absolute atomic E-state index is 12.9. The Balaban J connectivity index is 1.65. The average molecular weight is 426 g/mol. The van der Waals surface area contributed by atoms with Gasteiger partial charge in [-0.1, -0.05) is 29.8 Å². The first-order valence-electron chi connectivity index (χ1n) is 8.32. The van der Waals surface area contributed by atoms with Crippen molar-refractivity contribution in [1.82, 2.24) is 10.2 Å². The van der Waals surface area contributed by atoms with Crippen LogP contribution in [0.5, 0.6) is 0 Å². The van der Waals surface area contributed by atoms with E-state index in [0.29, 0.717) is 24.1 Å². The number of sulfonamides is 1. The Morgan fingerprint density at radius 1 is 1.40 bits per heavy atom. The van der Waals surface area contributed by atoms with Gasteiger partial charge in [0.2, 0.25) is 10.0 Å². The lowest BCUT2D eigenvalue weighted by atomic mass is 9.70. The van der Waals surface area contributed by atoms with E-state index in [4.69, 9.17) is 0 Å². The summed E-state index contributed by atoms with van der Waals surface area (Å²) in [4.78, 5) is 12.6. The van der Waals surface area contributed by atoms with Crippen molar-refractivity contribution in [2.45, 2.75) is 33.1 Å². The third-order valence-electron chi connectivity index (χ3n) is 6.35. The van der Waals surface area contributed by atoms with Gasteiger partial charge in [0.25, 0.3) is 0 Å². The summed E-state index contributed by atoms with van der Waals surface area (Å²) >= 11 is 3.38. The number of aromatic nitrogens is 2. The van der Waals surface area contributed by atoms with Crippen LogP contribution in [0, 0.1) is 16.7 Å². The van der Waals surface area contributed by atoms with Crippen LogP contribution in [0.4, 0.5) is 5.82 Å². The molecule has 2 aliphatic carbocycles. The summed E-state index contributed by atoms with van der Waals surface area (Å²) in [6.45, 7) is 4.07. The summed E-state index contributed by atoms with van der Waals surface area (Å²) in [5.74, 6) is 0.484. The number of benzene rings is 1. The number of aromatic amines is 1. The third kappa shape index (κ3) is 2.44. The number of carbonyl (C=O) groups is 1. The number of hydrogen-bond acceptors (Lipinski definition) is 4. The maximum atomic E-state index is 12.9. The number of halogens is 1. The van der Waals surface area contributed by atoms with E-state index < -0.39 is 15.4 Å². The molecule has 2 aliphatic rings. The van der Waals surface area contributed by atoms with Crippen LogP contribution in [-0.4, -0.2) is 30.2 Å². The molecule has 1 heterocycles. The molecule has 134 valence electrons. The van der Waals surface area contributed by atoms with E-state index in [1.54, 1.807) is 6.07 Å². The van der Waals surface area contributed by atoms with Gasteiger partial charge in [0.15, 0.2) is 5.82 Å².